The molecule has 0 aliphatic carbocycles. The Hall–Kier alpha value is -0.330. The van der Waals surface area contributed by atoms with Crippen LogP contribution in [0.5, 0.6) is 0 Å². The van der Waals surface area contributed by atoms with Crippen molar-refractivity contribution in [2.45, 2.75) is 31.3 Å². The van der Waals surface area contributed by atoms with Gasteiger partial charge in [-0.25, -0.2) is 0 Å². The minimum absolute atomic E-state index is 0.0176. The quantitative estimate of drug-likeness (QED) is 0.776. The number of halogens is 2. The zero-order chi connectivity index (χ0) is 15.5. The van der Waals surface area contributed by atoms with Crippen LogP contribution in [0.2, 0.25) is 10.0 Å². The second kappa shape index (κ2) is 7.29. The molecule has 0 radical (unpaired) electrons. The maximum absolute atomic E-state index is 11.2. The third kappa shape index (κ3) is 5.11. The Morgan fingerprint density at radius 1 is 1.29 bits per heavy atom. The second-order valence-electron chi connectivity index (χ2n) is 5.17. The first-order chi connectivity index (χ1) is 9.87. The fraction of sp³-hybridized carbons (Fsp3) is 0.571. The zero-order valence-electron chi connectivity index (χ0n) is 11.7. The van der Waals surface area contributed by atoms with Gasteiger partial charge in [-0.1, -0.05) is 35.7 Å². The molecule has 2 atom stereocenters. The summed E-state index contributed by atoms with van der Waals surface area (Å²) in [6.45, 7) is 0.624. The van der Waals surface area contributed by atoms with E-state index < -0.39 is 10.1 Å². The van der Waals surface area contributed by atoms with Crippen LogP contribution in [0.1, 0.15) is 30.7 Å². The summed E-state index contributed by atoms with van der Waals surface area (Å²) in [5.74, 6) is 0.0454. The van der Waals surface area contributed by atoms with Gasteiger partial charge in [0, 0.05) is 12.5 Å². The van der Waals surface area contributed by atoms with Crippen molar-refractivity contribution < 1.29 is 17.3 Å². The van der Waals surface area contributed by atoms with Gasteiger partial charge in [0.25, 0.3) is 10.1 Å². The average molecular weight is 353 g/mol. The summed E-state index contributed by atoms with van der Waals surface area (Å²) in [5.41, 5.74) is 0.994. The van der Waals surface area contributed by atoms with Gasteiger partial charge < -0.3 is 4.74 Å². The van der Waals surface area contributed by atoms with Gasteiger partial charge in [0.15, 0.2) is 0 Å². The van der Waals surface area contributed by atoms with E-state index in [0.29, 0.717) is 16.7 Å². The lowest BCUT2D eigenvalue weighted by atomic mass is 9.89. The smallest absolute Gasteiger partial charge is 0.264 e. The fourth-order valence-electron chi connectivity index (χ4n) is 2.48. The highest BCUT2D eigenvalue weighted by atomic mass is 35.5. The molecule has 4 nitrogen and oxygen atoms in total. The molecule has 0 saturated carbocycles. The highest BCUT2D eigenvalue weighted by molar-refractivity contribution is 7.85. The summed E-state index contributed by atoms with van der Waals surface area (Å²) in [6.07, 6.45) is 3.60. The van der Waals surface area contributed by atoms with Crippen molar-refractivity contribution in [2.24, 2.45) is 0 Å². The van der Waals surface area contributed by atoms with Crippen molar-refractivity contribution in [3.05, 3.63) is 33.8 Å². The lowest BCUT2D eigenvalue weighted by Crippen LogP contribution is -2.28. The van der Waals surface area contributed by atoms with Gasteiger partial charge in [-0.05, 0) is 30.5 Å². The molecule has 118 valence electrons. The molecule has 1 saturated heterocycles. The summed E-state index contributed by atoms with van der Waals surface area (Å²) < 4.78 is 33.1. The molecule has 1 fully saturated rings. The van der Waals surface area contributed by atoms with E-state index >= 15 is 0 Å². The van der Waals surface area contributed by atoms with E-state index in [1.165, 1.54) is 0 Å². The first kappa shape index (κ1) is 17.0. The largest absolute Gasteiger partial charge is 0.375 e. The number of hydrogen-bond donors (Lipinski definition) is 0. The molecule has 1 aliphatic rings. The van der Waals surface area contributed by atoms with Crippen LogP contribution in [-0.2, 0) is 19.0 Å². The topological polar surface area (TPSA) is 52.6 Å². The van der Waals surface area contributed by atoms with Gasteiger partial charge >= 0.3 is 0 Å². The Balaban J connectivity index is 2.20. The zero-order valence-corrected chi connectivity index (χ0v) is 14.0. The van der Waals surface area contributed by atoms with Crippen LogP contribution in [0.25, 0.3) is 0 Å². The third-order valence-electron chi connectivity index (χ3n) is 3.51. The SMILES string of the molecule is CS(=O)(=O)OC[C@@H]1OCCCC[C@H]1c1ccc(Cl)c(Cl)c1. The molecule has 0 unspecified atom stereocenters. The van der Waals surface area contributed by atoms with Gasteiger partial charge in [-0.2, -0.15) is 8.42 Å². The molecule has 2 rings (SSSR count). The van der Waals surface area contributed by atoms with Gasteiger partial charge in [0.2, 0.25) is 0 Å². The average Bonchev–Trinajstić information content (AvgIpc) is 2.64. The Morgan fingerprint density at radius 2 is 2.05 bits per heavy atom. The van der Waals surface area contributed by atoms with Crippen LogP contribution < -0.4 is 0 Å². The lowest BCUT2D eigenvalue weighted by Gasteiger charge is -2.25. The van der Waals surface area contributed by atoms with Crippen LogP contribution in [0, 0.1) is 0 Å². The fourth-order valence-corrected chi connectivity index (χ4v) is 3.17. The van der Waals surface area contributed by atoms with Crippen LogP contribution >= 0.6 is 23.2 Å². The highest BCUT2D eigenvalue weighted by Crippen LogP contribution is 2.34. The Labute approximate surface area is 135 Å². The number of ether oxygens (including phenoxy) is 1. The number of hydrogen-bond acceptors (Lipinski definition) is 4. The van der Waals surface area contributed by atoms with Gasteiger partial charge in [0.1, 0.15) is 0 Å². The van der Waals surface area contributed by atoms with E-state index in [1.54, 1.807) is 6.07 Å². The molecule has 21 heavy (non-hydrogen) atoms. The summed E-state index contributed by atoms with van der Waals surface area (Å²) in [6, 6.07) is 5.47. The maximum atomic E-state index is 11.2. The molecule has 1 aromatic carbocycles. The van der Waals surface area contributed by atoms with E-state index in [4.69, 9.17) is 32.1 Å². The Kier molecular flexibility index (Phi) is 5.91. The highest BCUT2D eigenvalue weighted by Gasteiger charge is 2.28. The van der Waals surface area contributed by atoms with Crippen molar-refractivity contribution in [2.75, 3.05) is 19.5 Å². The van der Waals surface area contributed by atoms with Crippen LogP contribution in [0.3, 0.4) is 0 Å². The van der Waals surface area contributed by atoms with Crippen LogP contribution in [0.15, 0.2) is 18.2 Å². The number of rotatable bonds is 4. The maximum Gasteiger partial charge on any atom is 0.264 e. The first-order valence-corrected chi connectivity index (χ1v) is 9.35. The second-order valence-corrected chi connectivity index (χ2v) is 7.63. The molecule has 0 spiro atoms. The van der Waals surface area contributed by atoms with Crippen molar-refractivity contribution in [3.8, 4) is 0 Å². The van der Waals surface area contributed by atoms with E-state index in [-0.39, 0.29) is 18.6 Å². The standard InChI is InChI=1S/C14H18Cl2O4S/c1-21(17,18)20-9-14-11(4-2-3-7-19-14)10-5-6-12(15)13(16)8-10/h5-6,8,11,14H,2-4,7,9H2,1H3/t11-,14-/m0/s1. The molecular weight excluding hydrogens is 335 g/mol. The molecule has 0 N–H and O–H groups in total. The van der Waals surface area contributed by atoms with E-state index in [2.05, 4.69) is 0 Å². The molecule has 1 aliphatic heterocycles. The minimum Gasteiger partial charge on any atom is -0.375 e. The summed E-state index contributed by atoms with van der Waals surface area (Å²) in [5, 5.41) is 0.986. The van der Waals surface area contributed by atoms with E-state index in [1.807, 2.05) is 12.1 Å². The number of benzene rings is 1. The van der Waals surface area contributed by atoms with Crippen LogP contribution in [0.4, 0.5) is 0 Å². The van der Waals surface area contributed by atoms with Crippen molar-refractivity contribution >= 4 is 33.3 Å². The third-order valence-corrected chi connectivity index (χ3v) is 4.81. The predicted molar refractivity (Wildman–Crippen MR) is 83.6 cm³/mol. The normalized spacial score (nSPS) is 23.8. The predicted octanol–water partition coefficient (Wildman–Crippen LogP) is 3.62. The first-order valence-electron chi connectivity index (χ1n) is 6.78. The molecule has 1 aromatic rings. The molecular formula is C14H18Cl2O4S. The Bertz CT molecular complexity index is 589. The van der Waals surface area contributed by atoms with Gasteiger partial charge in [-0.15, -0.1) is 0 Å². The summed E-state index contributed by atoms with van der Waals surface area (Å²) >= 11 is 12.0. The summed E-state index contributed by atoms with van der Waals surface area (Å²) in [7, 11) is -3.48. The summed E-state index contributed by atoms with van der Waals surface area (Å²) in [4.78, 5) is 0. The molecule has 1 heterocycles. The Morgan fingerprint density at radius 3 is 2.71 bits per heavy atom. The monoisotopic (exact) mass is 352 g/mol. The molecule has 7 heteroatoms. The van der Waals surface area contributed by atoms with Gasteiger partial charge in [0.05, 0.1) is 29.0 Å². The van der Waals surface area contributed by atoms with Crippen molar-refractivity contribution in [1.29, 1.82) is 0 Å². The molecule has 0 bridgehead atoms. The van der Waals surface area contributed by atoms with Crippen molar-refractivity contribution in [1.82, 2.24) is 0 Å². The van der Waals surface area contributed by atoms with E-state index in [9.17, 15) is 8.42 Å². The van der Waals surface area contributed by atoms with Crippen molar-refractivity contribution in [3.63, 3.8) is 0 Å². The van der Waals surface area contributed by atoms with E-state index in [0.717, 1.165) is 31.1 Å². The van der Waals surface area contributed by atoms with Crippen LogP contribution in [-0.4, -0.2) is 34.0 Å². The minimum atomic E-state index is -3.48. The molecule has 0 amide bonds. The van der Waals surface area contributed by atoms with Gasteiger partial charge in [-0.3, -0.25) is 4.18 Å². The molecule has 0 aromatic heterocycles. The lowest BCUT2D eigenvalue weighted by molar-refractivity contribution is 0.0149.